The van der Waals surface area contributed by atoms with Crippen molar-refractivity contribution in [2.75, 3.05) is 0 Å². The Balaban J connectivity index is 1.68. The van der Waals surface area contributed by atoms with E-state index in [4.69, 9.17) is 10.8 Å². The molecule has 0 unspecified atom stereocenters. The van der Waals surface area contributed by atoms with Crippen LogP contribution in [-0.2, 0) is 7.05 Å². The second-order valence-electron chi connectivity index (χ2n) is 12.3. The number of fused-ring (bicyclic) bond motifs is 6. The van der Waals surface area contributed by atoms with E-state index < -0.39 is 0 Å². The first-order valence-corrected chi connectivity index (χ1v) is 15.7. The van der Waals surface area contributed by atoms with Gasteiger partial charge in [0, 0.05) is 16.5 Å². The molecule has 5 nitrogen and oxygen atoms in total. The number of rotatable bonds is 5. The molecule has 0 amide bonds. The van der Waals surface area contributed by atoms with E-state index >= 15 is 0 Å². The van der Waals surface area contributed by atoms with Crippen LogP contribution in [0.3, 0.4) is 0 Å². The van der Waals surface area contributed by atoms with Gasteiger partial charge in [0.2, 0.25) is 0 Å². The number of benzene rings is 3. The molecule has 0 saturated carbocycles. The highest BCUT2D eigenvalue weighted by atomic mass is 32.1. The van der Waals surface area contributed by atoms with E-state index in [0.717, 1.165) is 60.4 Å². The third-order valence-corrected chi connectivity index (χ3v) is 9.38. The lowest BCUT2D eigenvalue weighted by atomic mass is 9.92. The number of hydrogen-bond donors (Lipinski definition) is 0. The molecule has 3 aromatic carbocycles. The summed E-state index contributed by atoms with van der Waals surface area (Å²) in [5, 5.41) is 0.969. The first kappa shape index (κ1) is 25.7. The van der Waals surface area contributed by atoms with E-state index in [1.54, 1.807) is 0 Å². The van der Waals surface area contributed by atoms with Crippen molar-refractivity contribution in [2.24, 2.45) is 7.05 Å². The Labute approximate surface area is 251 Å². The second-order valence-corrected chi connectivity index (χ2v) is 13.1. The number of nitrogens with zero attached hydrogens (tertiary/aromatic N) is 4. The van der Waals surface area contributed by atoms with Crippen molar-refractivity contribution in [3.8, 4) is 17.1 Å². The molecule has 212 valence electrons. The zero-order chi connectivity index (χ0) is 30.3. The number of furan rings is 1. The highest BCUT2D eigenvalue weighted by Gasteiger charge is 2.34. The first-order chi connectivity index (χ1) is 20.6. The molecule has 0 atom stereocenters. The summed E-state index contributed by atoms with van der Waals surface area (Å²) in [5.41, 5.74) is 12.6. The lowest BCUT2D eigenvalue weighted by Crippen LogP contribution is -2.30. The quantitative estimate of drug-likeness (QED) is 0.192. The Hall–Kier alpha value is -4.03. The zero-order valence-electron chi connectivity index (χ0n) is 26.5. The van der Waals surface area contributed by atoms with Crippen LogP contribution in [0.2, 0.25) is 0 Å². The van der Waals surface area contributed by atoms with Gasteiger partial charge in [0.15, 0.2) is 22.2 Å². The molecule has 7 aromatic rings. The highest BCUT2D eigenvalue weighted by molar-refractivity contribution is 7.17. The van der Waals surface area contributed by atoms with Crippen molar-refractivity contribution < 1.29 is 10.4 Å². The van der Waals surface area contributed by atoms with E-state index in [2.05, 4.69) is 124 Å². The fourth-order valence-electron chi connectivity index (χ4n) is 6.49. The number of aromatic nitrogens is 4. The summed E-state index contributed by atoms with van der Waals surface area (Å²) in [5.74, 6) is 1.95. The molecule has 0 radical (unpaired) electrons. The smallest absolute Gasteiger partial charge is 0.299 e. The standard InChI is InChI=1S/C36H37N4OS/c1-19(2)23-12-11-13-24(20(3)4)32(23)40-27-15-10-9-14-26(27)39(8)36(40)28-22(7)16-17-25-30-34(41-33(25)28)31-35(42-18-37-31)29(38-30)21(5)6/h9-21H,1-8H3/q+1/i18D. The van der Waals surface area contributed by atoms with Crippen LogP contribution in [0.4, 0.5) is 0 Å². The fourth-order valence-corrected chi connectivity index (χ4v) is 7.34. The van der Waals surface area contributed by atoms with Gasteiger partial charge in [-0.3, -0.25) is 0 Å². The Bertz CT molecular complexity index is 2190. The molecule has 0 aliphatic carbocycles. The van der Waals surface area contributed by atoms with E-state index in [9.17, 15) is 0 Å². The lowest BCUT2D eigenvalue weighted by Gasteiger charge is -2.18. The van der Waals surface area contributed by atoms with E-state index in [0.29, 0.717) is 17.4 Å². The molecule has 0 N–H and O–H groups in total. The van der Waals surface area contributed by atoms with E-state index in [-0.39, 0.29) is 11.4 Å². The molecule has 42 heavy (non-hydrogen) atoms. The minimum atomic E-state index is 0.198. The minimum absolute atomic E-state index is 0.198. The normalized spacial score (nSPS) is 12.8. The Morgan fingerprint density at radius 2 is 1.57 bits per heavy atom. The predicted octanol–water partition coefficient (Wildman–Crippen LogP) is 9.70. The third kappa shape index (κ3) is 3.77. The molecule has 0 aliphatic heterocycles. The van der Waals surface area contributed by atoms with Crippen LogP contribution in [0.1, 0.15) is 83.1 Å². The van der Waals surface area contributed by atoms with Gasteiger partial charge in [0.05, 0.1) is 24.3 Å². The molecule has 4 aromatic heterocycles. The second kappa shape index (κ2) is 9.77. The average molecular weight is 575 g/mol. The first-order valence-electron chi connectivity index (χ1n) is 15.3. The molecule has 0 bridgehead atoms. The van der Waals surface area contributed by atoms with Crippen molar-refractivity contribution in [1.82, 2.24) is 14.5 Å². The summed E-state index contributed by atoms with van der Waals surface area (Å²) in [6.07, 6.45) is 0. The van der Waals surface area contributed by atoms with Crippen LogP contribution in [0.25, 0.3) is 60.4 Å². The summed E-state index contributed by atoms with van der Waals surface area (Å²) >= 11 is 1.37. The predicted molar refractivity (Wildman–Crippen MR) is 175 cm³/mol. The van der Waals surface area contributed by atoms with Crippen molar-refractivity contribution in [3.63, 3.8) is 0 Å². The van der Waals surface area contributed by atoms with Gasteiger partial charge >= 0.3 is 0 Å². The summed E-state index contributed by atoms with van der Waals surface area (Å²) in [6.45, 7) is 15.6. The number of imidazole rings is 1. The van der Waals surface area contributed by atoms with Gasteiger partial charge in [-0.2, -0.15) is 4.57 Å². The van der Waals surface area contributed by atoms with Crippen molar-refractivity contribution in [1.29, 1.82) is 0 Å². The number of para-hydroxylation sites is 3. The number of hydrogen-bond acceptors (Lipinski definition) is 4. The summed E-state index contributed by atoms with van der Waals surface area (Å²) in [4.78, 5) is 9.79. The lowest BCUT2D eigenvalue weighted by molar-refractivity contribution is -0.633. The Kier molecular flexibility index (Phi) is 5.97. The van der Waals surface area contributed by atoms with Gasteiger partial charge in [-0.15, -0.1) is 11.3 Å². The van der Waals surface area contributed by atoms with Gasteiger partial charge in [-0.05, 0) is 48.4 Å². The van der Waals surface area contributed by atoms with Gasteiger partial charge in [-0.25, -0.2) is 14.5 Å². The Morgan fingerprint density at radius 1 is 0.857 bits per heavy atom. The van der Waals surface area contributed by atoms with Gasteiger partial charge in [0.25, 0.3) is 5.82 Å². The maximum absolute atomic E-state index is 8.34. The number of pyridine rings is 1. The molecular weight excluding hydrogens is 536 g/mol. The summed E-state index contributed by atoms with van der Waals surface area (Å²) < 4.78 is 20.9. The van der Waals surface area contributed by atoms with Crippen LogP contribution in [0.15, 0.2) is 64.5 Å². The highest BCUT2D eigenvalue weighted by Crippen LogP contribution is 2.43. The fraction of sp³-hybridized carbons (Fsp3) is 0.306. The monoisotopic (exact) mass is 574 g/mol. The maximum atomic E-state index is 8.34. The van der Waals surface area contributed by atoms with Crippen LogP contribution >= 0.6 is 11.3 Å². The minimum Gasteiger partial charge on any atom is -0.451 e. The summed E-state index contributed by atoms with van der Waals surface area (Å²) in [7, 11) is 2.16. The molecule has 0 spiro atoms. The van der Waals surface area contributed by atoms with Crippen molar-refractivity contribution >= 4 is 54.7 Å². The molecule has 0 saturated heterocycles. The average Bonchev–Trinajstić information content (AvgIpc) is 3.63. The van der Waals surface area contributed by atoms with Gasteiger partial charge in [-0.1, -0.05) is 77.9 Å². The van der Waals surface area contributed by atoms with Crippen molar-refractivity contribution in [3.05, 3.63) is 82.5 Å². The molecule has 7 rings (SSSR count). The largest absolute Gasteiger partial charge is 0.451 e. The van der Waals surface area contributed by atoms with Crippen molar-refractivity contribution in [2.45, 2.75) is 66.2 Å². The summed E-state index contributed by atoms with van der Waals surface area (Å²) in [6, 6.07) is 19.7. The topological polar surface area (TPSA) is 47.7 Å². The number of aryl methyl sites for hydroxylation is 2. The van der Waals surface area contributed by atoms with Gasteiger partial charge < -0.3 is 4.42 Å². The molecule has 0 fully saturated rings. The van der Waals surface area contributed by atoms with Gasteiger partial charge in [0.1, 0.15) is 22.3 Å². The van der Waals surface area contributed by atoms with Crippen LogP contribution in [0, 0.1) is 6.92 Å². The molecule has 6 heteroatoms. The Morgan fingerprint density at radius 3 is 2.26 bits per heavy atom. The maximum Gasteiger partial charge on any atom is 0.299 e. The molecule has 4 heterocycles. The molecular formula is C36H37N4OS+. The third-order valence-electron chi connectivity index (χ3n) is 8.59. The number of thiazole rings is 1. The molecule has 0 aliphatic rings. The van der Waals surface area contributed by atoms with Crippen LogP contribution < -0.4 is 4.57 Å². The van der Waals surface area contributed by atoms with Crippen LogP contribution in [-0.4, -0.2) is 14.5 Å². The van der Waals surface area contributed by atoms with Crippen LogP contribution in [0.5, 0.6) is 0 Å². The SMILES string of the molecule is [2H]c1nc2c(s1)c(C(C)C)nc1c3ccc(C)c(-c4n(-c5c(C(C)C)cccc5C(C)C)c5ccccc5[n+]4C)c3oc21. The van der Waals surface area contributed by atoms with E-state index in [1.807, 2.05) is 0 Å². The zero-order valence-corrected chi connectivity index (χ0v) is 26.4. The van der Waals surface area contributed by atoms with E-state index in [1.165, 1.54) is 28.2 Å².